The maximum atomic E-state index is 13.3. The third-order valence-electron chi connectivity index (χ3n) is 4.65. The molecule has 1 saturated carbocycles. The molecule has 0 radical (unpaired) electrons. The Morgan fingerprint density at radius 1 is 1.04 bits per heavy atom. The Bertz CT molecular complexity index is 951. The summed E-state index contributed by atoms with van der Waals surface area (Å²) in [6, 6.07) is 11.0. The fourth-order valence-corrected chi connectivity index (χ4v) is 4.63. The number of methoxy groups -OCH3 is 3. The molecule has 0 heterocycles. The third-order valence-corrected chi connectivity index (χ3v) is 6.56. The van der Waals surface area contributed by atoms with Gasteiger partial charge in [-0.1, -0.05) is 0 Å². The summed E-state index contributed by atoms with van der Waals surface area (Å²) < 4.78 is 43.3. The standard InChI is InChI=1S/C20H23NO6S/c1-25-17-8-11-19(26-2)15(12-17)13-21(16-6-7-16)28(23,24)18-9-4-14(5-10-18)20(22)27-3/h4-5,8-12,16H,6-7,13H2,1-3H3. The van der Waals surface area contributed by atoms with Crippen LogP contribution in [0.4, 0.5) is 0 Å². The lowest BCUT2D eigenvalue weighted by atomic mass is 10.2. The quantitative estimate of drug-likeness (QED) is 0.628. The molecule has 0 amide bonds. The zero-order chi connectivity index (χ0) is 20.3. The van der Waals surface area contributed by atoms with E-state index in [9.17, 15) is 13.2 Å². The monoisotopic (exact) mass is 405 g/mol. The first-order chi connectivity index (χ1) is 13.4. The fraction of sp³-hybridized carbons (Fsp3) is 0.350. The van der Waals surface area contributed by atoms with Crippen LogP contribution >= 0.6 is 0 Å². The van der Waals surface area contributed by atoms with Crippen molar-refractivity contribution in [2.75, 3.05) is 21.3 Å². The lowest BCUT2D eigenvalue weighted by molar-refractivity contribution is 0.0600. The molecule has 0 aromatic heterocycles. The molecule has 1 aliphatic carbocycles. The minimum atomic E-state index is -3.74. The number of benzene rings is 2. The summed E-state index contributed by atoms with van der Waals surface area (Å²) >= 11 is 0. The number of carbonyl (C=O) groups excluding carboxylic acids is 1. The van der Waals surface area contributed by atoms with Gasteiger partial charge in [0.2, 0.25) is 10.0 Å². The highest BCUT2D eigenvalue weighted by Crippen LogP contribution is 2.36. The van der Waals surface area contributed by atoms with Gasteiger partial charge in [-0.15, -0.1) is 0 Å². The van der Waals surface area contributed by atoms with Gasteiger partial charge in [-0.25, -0.2) is 13.2 Å². The third kappa shape index (κ3) is 4.13. The van der Waals surface area contributed by atoms with Crippen molar-refractivity contribution in [1.82, 2.24) is 4.31 Å². The highest BCUT2D eigenvalue weighted by molar-refractivity contribution is 7.89. The van der Waals surface area contributed by atoms with Gasteiger partial charge < -0.3 is 14.2 Å². The van der Waals surface area contributed by atoms with E-state index >= 15 is 0 Å². The normalized spacial score (nSPS) is 14.0. The van der Waals surface area contributed by atoms with Crippen LogP contribution in [0.2, 0.25) is 0 Å². The van der Waals surface area contributed by atoms with Crippen molar-refractivity contribution >= 4 is 16.0 Å². The molecule has 0 aliphatic heterocycles. The van der Waals surface area contributed by atoms with Crippen LogP contribution in [0.15, 0.2) is 47.4 Å². The van der Waals surface area contributed by atoms with E-state index < -0.39 is 16.0 Å². The number of carbonyl (C=O) groups is 1. The van der Waals surface area contributed by atoms with Gasteiger partial charge in [-0.05, 0) is 55.3 Å². The second-order valence-corrected chi connectivity index (χ2v) is 8.37. The first-order valence-electron chi connectivity index (χ1n) is 8.82. The molecule has 0 bridgehead atoms. The molecule has 7 nitrogen and oxygen atoms in total. The van der Waals surface area contributed by atoms with Gasteiger partial charge in [0, 0.05) is 18.2 Å². The smallest absolute Gasteiger partial charge is 0.337 e. The molecule has 0 N–H and O–H groups in total. The van der Waals surface area contributed by atoms with Crippen molar-refractivity contribution in [3.63, 3.8) is 0 Å². The first kappa shape index (κ1) is 20.2. The number of hydrogen-bond acceptors (Lipinski definition) is 6. The number of nitrogens with zero attached hydrogens (tertiary/aromatic N) is 1. The van der Waals surface area contributed by atoms with Crippen molar-refractivity contribution in [2.24, 2.45) is 0 Å². The van der Waals surface area contributed by atoms with Gasteiger partial charge in [0.05, 0.1) is 31.8 Å². The van der Waals surface area contributed by atoms with E-state index in [0.717, 1.165) is 18.4 Å². The SMILES string of the molecule is COC(=O)c1ccc(S(=O)(=O)N(Cc2cc(OC)ccc2OC)C2CC2)cc1. The van der Waals surface area contributed by atoms with Gasteiger partial charge in [0.1, 0.15) is 11.5 Å². The molecule has 0 atom stereocenters. The van der Waals surface area contributed by atoms with Gasteiger partial charge in [-0.2, -0.15) is 4.31 Å². The van der Waals surface area contributed by atoms with Crippen molar-refractivity contribution in [1.29, 1.82) is 0 Å². The molecule has 2 aromatic carbocycles. The Hall–Kier alpha value is -2.58. The number of sulfonamides is 1. The van der Waals surface area contributed by atoms with E-state index in [1.54, 1.807) is 32.4 Å². The summed E-state index contributed by atoms with van der Waals surface area (Å²) in [6.07, 6.45) is 1.62. The topological polar surface area (TPSA) is 82.1 Å². The highest BCUT2D eigenvalue weighted by atomic mass is 32.2. The lowest BCUT2D eigenvalue weighted by Crippen LogP contribution is -2.32. The zero-order valence-corrected chi connectivity index (χ0v) is 16.9. The van der Waals surface area contributed by atoms with Gasteiger partial charge >= 0.3 is 5.97 Å². The molecule has 8 heteroatoms. The summed E-state index contributed by atoms with van der Waals surface area (Å²) in [4.78, 5) is 11.7. The van der Waals surface area contributed by atoms with E-state index in [4.69, 9.17) is 9.47 Å². The van der Waals surface area contributed by atoms with E-state index in [1.165, 1.54) is 35.7 Å². The second kappa shape index (κ2) is 8.20. The van der Waals surface area contributed by atoms with E-state index in [1.807, 2.05) is 0 Å². The van der Waals surface area contributed by atoms with Crippen LogP contribution in [-0.4, -0.2) is 46.1 Å². The number of hydrogen-bond donors (Lipinski definition) is 0. The van der Waals surface area contributed by atoms with Crippen LogP contribution in [0.25, 0.3) is 0 Å². The Morgan fingerprint density at radius 2 is 1.71 bits per heavy atom. The van der Waals surface area contributed by atoms with E-state index in [2.05, 4.69) is 4.74 Å². The Labute approximate surface area is 164 Å². The molecule has 150 valence electrons. The summed E-state index contributed by atoms with van der Waals surface area (Å²) in [5.41, 5.74) is 1.03. The molecule has 0 unspecified atom stereocenters. The minimum absolute atomic E-state index is 0.0545. The zero-order valence-electron chi connectivity index (χ0n) is 16.0. The number of esters is 1. The average molecular weight is 405 g/mol. The minimum Gasteiger partial charge on any atom is -0.497 e. The summed E-state index contributed by atoms with van der Waals surface area (Å²) in [5, 5.41) is 0. The number of ether oxygens (including phenoxy) is 3. The maximum absolute atomic E-state index is 13.3. The highest BCUT2D eigenvalue weighted by Gasteiger charge is 2.38. The summed E-state index contributed by atoms with van der Waals surface area (Å²) in [5.74, 6) is 0.721. The van der Waals surface area contributed by atoms with Crippen molar-refractivity contribution in [2.45, 2.75) is 30.3 Å². The molecule has 28 heavy (non-hydrogen) atoms. The van der Waals surface area contributed by atoms with Crippen LogP contribution in [0.5, 0.6) is 11.5 Å². The van der Waals surface area contributed by atoms with Crippen molar-refractivity contribution in [3.8, 4) is 11.5 Å². The Kier molecular flexibility index (Phi) is 5.90. The van der Waals surface area contributed by atoms with E-state index in [-0.39, 0.29) is 17.5 Å². The molecule has 0 saturated heterocycles. The second-order valence-electron chi connectivity index (χ2n) is 6.48. The first-order valence-corrected chi connectivity index (χ1v) is 10.3. The summed E-state index contributed by atoms with van der Waals surface area (Å²) in [6.45, 7) is 0.173. The fourth-order valence-electron chi connectivity index (χ4n) is 2.96. The predicted octanol–water partition coefficient (Wildman–Crippen LogP) is 2.84. The van der Waals surface area contributed by atoms with Crippen LogP contribution < -0.4 is 9.47 Å². The molecular formula is C20H23NO6S. The van der Waals surface area contributed by atoms with Crippen molar-refractivity contribution in [3.05, 3.63) is 53.6 Å². The van der Waals surface area contributed by atoms with Gasteiger partial charge in [0.15, 0.2) is 0 Å². The molecular weight excluding hydrogens is 382 g/mol. The van der Waals surface area contributed by atoms with Crippen molar-refractivity contribution < 1.29 is 27.4 Å². The lowest BCUT2D eigenvalue weighted by Gasteiger charge is -2.23. The molecule has 3 rings (SSSR count). The summed E-state index contributed by atoms with van der Waals surface area (Å²) in [7, 11) is 0.644. The Morgan fingerprint density at radius 3 is 2.25 bits per heavy atom. The van der Waals surface area contributed by atoms with Gasteiger partial charge in [-0.3, -0.25) is 0 Å². The van der Waals surface area contributed by atoms with Crippen LogP contribution in [0.1, 0.15) is 28.8 Å². The van der Waals surface area contributed by atoms with E-state index in [0.29, 0.717) is 17.1 Å². The Balaban J connectivity index is 1.93. The number of rotatable bonds is 8. The average Bonchev–Trinajstić information content (AvgIpc) is 3.56. The molecule has 1 fully saturated rings. The molecule has 0 spiro atoms. The predicted molar refractivity (Wildman–Crippen MR) is 103 cm³/mol. The maximum Gasteiger partial charge on any atom is 0.337 e. The van der Waals surface area contributed by atoms with Crippen LogP contribution in [-0.2, 0) is 21.3 Å². The van der Waals surface area contributed by atoms with Gasteiger partial charge in [0.25, 0.3) is 0 Å². The molecule has 2 aromatic rings. The largest absolute Gasteiger partial charge is 0.497 e. The molecule has 1 aliphatic rings. The van der Waals surface area contributed by atoms with Crippen LogP contribution in [0, 0.1) is 0 Å². The van der Waals surface area contributed by atoms with Crippen LogP contribution in [0.3, 0.4) is 0 Å².